The van der Waals surface area contributed by atoms with Crippen LogP contribution in [0.3, 0.4) is 0 Å². The molecule has 0 bridgehead atoms. The van der Waals surface area contributed by atoms with Crippen molar-refractivity contribution in [3.63, 3.8) is 0 Å². The predicted molar refractivity (Wildman–Crippen MR) is 97.3 cm³/mol. The normalized spacial score (nSPS) is 11.7. The first kappa shape index (κ1) is 18.5. The molecule has 122 valence electrons. The number of rotatable bonds is 12. The molecule has 1 aromatic rings. The number of allylic oxidation sites excluding steroid dienone is 4. The molecule has 0 fully saturated rings. The van der Waals surface area contributed by atoms with E-state index in [1.807, 2.05) is 12.1 Å². The van der Waals surface area contributed by atoms with Crippen molar-refractivity contribution in [2.24, 2.45) is 0 Å². The summed E-state index contributed by atoms with van der Waals surface area (Å²) >= 11 is 0. The van der Waals surface area contributed by atoms with Crippen LogP contribution in [0.25, 0.3) is 0 Å². The highest BCUT2D eigenvalue weighted by atomic mass is 16.3. The minimum atomic E-state index is 0.380. The fourth-order valence-corrected chi connectivity index (χ4v) is 2.52. The van der Waals surface area contributed by atoms with Crippen LogP contribution in [0, 0.1) is 0 Å². The average molecular weight is 300 g/mol. The lowest BCUT2D eigenvalue weighted by Crippen LogP contribution is -1.85. The van der Waals surface area contributed by atoms with Crippen LogP contribution in [-0.4, -0.2) is 5.11 Å². The van der Waals surface area contributed by atoms with Crippen LogP contribution in [0.15, 0.2) is 48.6 Å². The van der Waals surface area contributed by atoms with E-state index in [-0.39, 0.29) is 0 Å². The molecule has 0 unspecified atom stereocenters. The standard InChI is InChI=1S/C21H32O/c1-2-3-4-5-6-7-8-9-10-11-12-13-14-16-20-17-15-18-21(22)19-20/h6-9,15,17-19,22H,2-5,10-14,16H2,1H3/b7-6+,9-8+. The molecule has 1 heteroatoms. The highest BCUT2D eigenvalue weighted by molar-refractivity contribution is 5.27. The zero-order valence-corrected chi connectivity index (χ0v) is 14.1. The van der Waals surface area contributed by atoms with Gasteiger partial charge in [0, 0.05) is 0 Å². The summed E-state index contributed by atoms with van der Waals surface area (Å²) in [7, 11) is 0. The second-order valence-corrected chi connectivity index (χ2v) is 5.97. The van der Waals surface area contributed by atoms with Gasteiger partial charge in [0.25, 0.3) is 0 Å². The Morgan fingerprint density at radius 2 is 1.55 bits per heavy atom. The molecule has 1 aromatic carbocycles. The number of hydrogen-bond acceptors (Lipinski definition) is 1. The fraction of sp³-hybridized carbons (Fsp3) is 0.524. The first-order valence-corrected chi connectivity index (χ1v) is 8.92. The lowest BCUT2D eigenvalue weighted by molar-refractivity contribution is 0.474. The molecular weight excluding hydrogens is 268 g/mol. The van der Waals surface area contributed by atoms with E-state index < -0.39 is 0 Å². The third-order valence-corrected chi connectivity index (χ3v) is 3.85. The van der Waals surface area contributed by atoms with Crippen molar-refractivity contribution in [2.75, 3.05) is 0 Å². The smallest absolute Gasteiger partial charge is 0.115 e. The van der Waals surface area contributed by atoms with Gasteiger partial charge in [-0.05, 0) is 56.2 Å². The Labute approximate surface area is 136 Å². The fourth-order valence-electron chi connectivity index (χ4n) is 2.52. The molecule has 0 aliphatic carbocycles. The van der Waals surface area contributed by atoms with E-state index in [1.54, 1.807) is 6.07 Å². The Kier molecular flexibility index (Phi) is 11.1. The molecule has 0 amide bonds. The molecule has 0 aromatic heterocycles. The van der Waals surface area contributed by atoms with Crippen molar-refractivity contribution < 1.29 is 5.11 Å². The topological polar surface area (TPSA) is 20.2 Å². The summed E-state index contributed by atoms with van der Waals surface area (Å²) in [5.41, 5.74) is 1.24. The van der Waals surface area contributed by atoms with Gasteiger partial charge in [0.1, 0.15) is 5.75 Å². The number of aryl methyl sites for hydroxylation is 1. The summed E-state index contributed by atoms with van der Waals surface area (Å²) in [5, 5.41) is 9.40. The van der Waals surface area contributed by atoms with Gasteiger partial charge in [0.05, 0.1) is 0 Å². The summed E-state index contributed by atoms with van der Waals surface area (Å²) in [6.45, 7) is 2.24. The molecule has 1 nitrogen and oxygen atoms in total. The second kappa shape index (κ2) is 13.2. The van der Waals surface area contributed by atoms with Crippen molar-refractivity contribution in [1.82, 2.24) is 0 Å². The number of hydrogen-bond donors (Lipinski definition) is 1. The zero-order chi connectivity index (χ0) is 15.9. The molecule has 22 heavy (non-hydrogen) atoms. The maximum absolute atomic E-state index is 9.40. The van der Waals surface area contributed by atoms with Crippen molar-refractivity contribution in [3.05, 3.63) is 54.1 Å². The first-order chi connectivity index (χ1) is 10.8. The minimum Gasteiger partial charge on any atom is -0.508 e. The molecule has 1 N–H and O–H groups in total. The van der Waals surface area contributed by atoms with Crippen molar-refractivity contribution in [1.29, 1.82) is 0 Å². The number of phenolic OH excluding ortho intramolecular Hbond substituents is 1. The SMILES string of the molecule is CCCCC/C=C/C=C/CCCCCCc1cccc(O)c1. The van der Waals surface area contributed by atoms with E-state index in [0.717, 1.165) is 6.42 Å². The molecule has 0 aliphatic heterocycles. The number of aromatic hydroxyl groups is 1. The van der Waals surface area contributed by atoms with Crippen LogP contribution in [0.1, 0.15) is 70.3 Å². The van der Waals surface area contributed by atoms with Gasteiger partial charge < -0.3 is 5.11 Å². The monoisotopic (exact) mass is 300 g/mol. The molecule has 0 radical (unpaired) electrons. The van der Waals surface area contributed by atoms with Gasteiger partial charge in [0.2, 0.25) is 0 Å². The largest absolute Gasteiger partial charge is 0.508 e. The summed E-state index contributed by atoms with van der Waals surface area (Å²) < 4.78 is 0. The Morgan fingerprint density at radius 3 is 2.23 bits per heavy atom. The lowest BCUT2D eigenvalue weighted by atomic mass is 10.1. The summed E-state index contributed by atoms with van der Waals surface area (Å²) in [4.78, 5) is 0. The van der Waals surface area contributed by atoms with Gasteiger partial charge in [-0.1, -0.05) is 69.0 Å². The third-order valence-electron chi connectivity index (χ3n) is 3.85. The molecule has 0 saturated heterocycles. The van der Waals surface area contributed by atoms with E-state index in [2.05, 4.69) is 37.3 Å². The molecule has 0 atom stereocenters. The minimum absolute atomic E-state index is 0.380. The van der Waals surface area contributed by atoms with Crippen LogP contribution in [0.4, 0.5) is 0 Å². The highest BCUT2D eigenvalue weighted by Gasteiger charge is 1.95. The predicted octanol–water partition coefficient (Wildman–Crippen LogP) is 6.58. The second-order valence-electron chi connectivity index (χ2n) is 5.97. The van der Waals surface area contributed by atoms with E-state index in [4.69, 9.17) is 0 Å². The Morgan fingerprint density at radius 1 is 0.864 bits per heavy atom. The highest BCUT2D eigenvalue weighted by Crippen LogP contribution is 2.14. The van der Waals surface area contributed by atoms with Gasteiger partial charge in [-0.2, -0.15) is 0 Å². The number of phenols is 1. The summed E-state index contributed by atoms with van der Waals surface area (Å²) in [6, 6.07) is 7.62. The number of benzene rings is 1. The van der Waals surface area contributed by atoms with Gasteiger partial charge >= 0.3 is 0 Å². The van der Waals surface area contributed by atoms with E-state index in [9.17, 15) is 5.11 Å². The molecule has 0 saturated carbocycles. The van der Waals surface area contributed by atoms with E-state index in [0.29, 0.717) is 5.75 Å². The van der Waals surface area contributed by atoms with Crippen LogP contribution < -0.4 is 0 Å². The van der Waals surface area contributed by atoms with Gasteiger partial charge in [-0.15, -0.1) is 0 Å². The van der Waals surface area contributed by atoms with Crippen molar-refractivity contribution in [3.8, 4) is 5.75 Å². The Balaban J connectivity index is 1.93. The number of unbranched alkanes of at least 4 members (excludes halogenated alkanes) is 7. The maximum Gasteiger partial charge on any atom is 0.115 e. The van der Waals surface area contributed by atoms with Crippen LogP contribution >= 0.6 is 0 Å². The zero-order valence-electron chi connectivity index (χ0n) is 14.1. The third kappa shape index (κ3) is 10.3. The van der Waals surface area contributed by atoms with E-state index in [1.165, 1.54) is 63.4 Å². The lowest BCUT2D eigenvalue weighted by Gasteiger charge is -2.02. The van der Waals surface area contributed by atoms with E-state index >= 15 is 0 Å². The molecule has 0 aliphatic rings. The van der Waals surface area contributed by atoms with Crippen LogP contribution in [0.2, 0.25) is 0 Å². The van der Waals surface area contributed by atoms with Crippen molar-refractivity contribution >= 4 is 0 Å². The molecule has 1 rings (SSSR count). The van der Waals surface area contributed by atoms with Gasteiger partial charge in [0.15, 0.2) is 0 Å². The molecule has 0 heterocycles. The van der Waals surface area contributed by atoms with Crippen molar-refractivity contribution in [2.45, 2.75) is 71.1 Å². The quantitative estimate of drug-likeness (QED) is 0.341. The molecular formula is C21H32O. The average Bonchev–Trinajstić information content (AvgIpc) is 2.52. The molecule has 0 spiro atoms. The summed E-state index contributed by atoms with van der Waals surface area (Å²) in [5.74, 6) is 0.380. The van der Waals surface area contributed by atoms with Crippen LogP contribution in [-0.2, 0) is 6.42 Å². The van der Waals surface area contributed by atoms with Crippen LogP contribution in [0.5, 0.6) is 5.75 Å². The van der Waals surface area contributed by atoms with Gasteiger partial charge in [-0.25, -0.2) is 0 Å². The first-order valence-electron chi connectivity index (χ1n) is 8.92. The Hall–Kier alpha value is -1.50. The summed E-state index contributed by atoms with van der Waals surface area (Å²) in [6.07, 6.45) is 21.4. The van der Waals surface area contributed by atoms with Gasteiger partial charge in [-0.3, -0.25) is 0 Å². The maximum atomic E-state index is 9.40. The Bertz CT molecular complexity index is 431.